The van der Waals surface area contributed by atoms with E-state index in [1.807, 2.05) is 73.8 Å². The molecular weight excluding hydrogens is 560 g/mol. The summed E-state index contributed by atoms with van der Waals surface area (Å²) >= 11 is 0. The molecule has 4 heterocycles. The molecule has 3 aliphatic heterocycles. The minimum atomic E-state index is -0.708. The third kappa shape index (κ3) is 5.26. The number of anilines is 1. The molecule has 2 amide bonds. The number of likely N-dealkylation sites (tertiary alicyclic amines) is 1. The maximum absolute atomic E-state index is 14.1. The average Bonchev–Trinajstić information content (AvgIpc) is 3.59. The van der Waals surface area contributed by atoms with Crippen molar-refractivity contribution in [3.05, 3.63) is 78.2 Å². The molecule has 2 saturated heterocycles. The number of piperidine rings is 1. The number of carbonyl (C=O) groups excluding carboxylic acids is 3. The second-order valence-corrected chi connectivity index (χ2v) is 11.8. The number of ether oxygens (including phenoxy) is 2. The van der Waals surface area contributed by atoms with E-state index in [9.17, 15) is 19.5 Å². The van der Waals surface area contributed by atoms with Crippen LogP contribution in [0, 0.1) is 5.92 Å². The Kier molecular flexibility index (Phi) is 8.46. The number of nitrogens with zero attached hydrogens (tertiary/aromatic N) is 3. The van der Waals surface area contributed by atoms with Crippen molar-refractivity contribution in [3.63, 3.8) is 0 Å². The van der Waals surface area contributed by atoms with Crippen LogP contribution in [0.3, 0.4) is 0 Å². The molecule has 3 atom stereocenters. The van der Waals surface area contributed by atoms with Crippen molar-refractivity contribution in [1.29, 1.82) is 0 Å². The summed E-state index contributed by atoms with van der Waals surface area (Å²) in [6.45, 7) is 5.07. The molecule has 10 heteroatoms. The second-order valence-electron chi connectivity index (χ2n) is 11.8. The standard InChI is InChI=1S/C34H40N4O6/c1-3-43-32-26(13-9-19-39)27(28-21-37(23(2)40)29-14-8-7-12-25(28)29)20-30(44-32)31(41)36-17-15-34(16-18-36)33(42)35-22-38(34)24-10-5-4-6-11-24/h4-8,10-12,14,20-21,26-27,32,39H,3,9,13,15-19,22H2,1-2H3,(H,35,42). The molecule has 2 N–H and O–H groups in total. The summed E-state index contributed by atoms with van der Waals surface area (Å²) in [5.41, 5.74) is 1.98. The third-order valence-corrected chi connectivity index (χ3v) is 9.35. The number of hydrogen-bond donors (Lipinski definition) is 2. The van der Waals surface area contributed by atoms with Gasteiger partial charge < -0.3 is 29.7 Å². The van der Waals surface area contributed by atoms with Crippen LogP contribution in [0.25, 0.3) is 10.9 Å². The quantitative estimate of drug-likeness (QED) is 0.402. The maximum Gasteiger partial charge on any atom is 0.288 e. The van der Waals surface area contributed by atoms with Crippen LogP contribution >= 0.6 is 0 Å². The number of aliphatic hydroxyl groups excluding tert-OH is 1. The fourth-order valence-corrected chi connectivity index (χ4v) is 7.11. The lowest BCUT2D eigenvalue weighted by molar-refractivity contribution is -0.171. The topological polar surface area (TPSA) is 113 Å². The van der Waals surface area contributed by atoms with E-state index in [0.29, 0.717) is 52.0 Å². The SMILES string of the molecule is CCOC1OC(C(=O)N2CCC3(CC2)C(=O)NCN3c2ccccc2)=CC(c2cn(C(C)=O)c3ccccc23)C1CCCO. The van der Waals surface area contributed by atoms with Crippen LogP contribution in [0.5, 0.6) is 0 Å². The molecule has 3 aliphatic rings. The highest BCUT2D eigenvalue weighted by Gasteiger charge is 2.51. The summed E-state index contributed by atoms with van der Waals surface area (Å²) in [7, 11) is 0. The van der Waals surface area contributed by atoms with Crippen molar-refractivity contribution >= 4 is 34.3 Å². The van der Waals surface area contributed by atoms with Crippen molar-refractivity contribution < 1.29 is 29.0 Å². The predicted octanol–water partition coefficient (Wildman–Crippen LogP) is 4.01. The van der Waals surface area contributed by atoms with Crippen LogP contribution in [-0.2, 0) is 19.1 Å². The Balaban J connectivity index is 1.31. The van der Waals surface area contributed by atoms with Crippen molar-refractivity contribution in [2.75, 3.05) is 37.9 Å². The molecule has 0 aliphatic carbocycles. The zero-order valence-electron chi connectivity index (χ0n) is 25.3. The molecule has 3 aromatic rings. The first kappa shape index (κ1) is 29.9. The van der Waals surface area contributed by atoms with E-state index >= 15 is 0 Å². The number of nitrogens with one attached hydrogen (secondary N) is 1. The normalized spacial score (nSPS) is 23.0. The van der Waals surface area contributed by atoms with Gasteiger partial charge in [0.05, 0.1) is 12.2 Å². The number of allylic oxidation sites excluding steroid dienone is 1. The van der Waals surface area contributed by atoms with E-state index in [0.717, 1.165) is 22.2 Å². The van der Waals surface area contributed by atoms with E-state index in [4.69, 9.17) is 9.47 Å². The molecule has 44 heavy (non-hydrogen) atoms. The molecule has 3 unspecified atom stereocenters. The molecule has 6 rings (SSSR count). The smallest absolute Gasteiger partial charge is 0.288 e. The van der Waals surface area contributed by atoms with Gasteiger partial charge in [-0.2, -0.15) is 0 Å². The molecule has 0 bridgehead atoms. The first-order valence-corrected chi connectivity index (χ1v) is 15.5. The van der Waals surface area contributed by atoms with Gasteiger partial charge in [-0.15, -0.1) is 0 Å². The summed E-state index contributed by atoms with van der Waals surface area (Å²) in [6, 6.07) is 17.6. The minimum Gasteiger partial charge on any atom is -0.459 e. The van der Waals surface area contributed by atoms with Crippen LogP contribution < -0.4 is 10.2 Å². The Morgan fingerprint density at radius 1 is 1.09 bits per heavy atom. The van der Waals surface area contributed by atoms with Crippen molar-refractivity contribution in [3.8, 4) is 0 Å². The van der Waals surface area contributed by atoms with E-state index < -0.39 is 11.8 Å². The minimum absolute atomic E-state index is 0.00774. The van der Waals surface area contributed by atoms with Gasteiger partial charge in [0.25, 0.3) is 5.91 Å². The molecule has 10 nitrogen and oxygen atoms in total. The molecule has 232 valence electrons. The molecular formula is C34H40N4O6. The summed E-state index contributed by atoms with van der Waals surface area (Å²) < 4.78 is 14.0. The van der Waals surface area contributed by atoms with E-state index in [2.05, 4.69) is 10.2 Å². The lowest BCUT2D eigenvalue weighted by atomic mass is 9.80. The van der Waals surface area contributed by atoms with Gasteiger partial charge in [0, 0.05) is 62.3 Å². The predicted molar refractivity (Wildman–Crippen MR) is 166 cm³/mol. The number of para-hydroxylation sites is 2. The first-order chi connectivity index (χ1) is 21.4. The van der Waals surface area contributed by atoms with Gasteiger partial charge >= 0.3 is 0 Å². The van der Waals surface area contributed by atoms with Gasteiger partial charge in [0.1, 0.15) is 5.54 Å². The number of benzene rings is 2. The van der Waals surface area contributed by atoms with Crippen LogP contribution in [0.2, 0.25) is 0 Å². The van der Waals surface area contributed by atoms with Gasteiger partial charge in [-0.05, 0) is 62.4 Å². The van der Waals surface area contributed by atoms with Gasteiger partial charge in [-0.25, -0.2) is 0 Å². The maximum atomic E-state index is 14.1. The molecule has 1 aromatic heterocycles. The number of rotatable bonds is 8. The molecule has 2 aromatic carbocycles. The fraction of sp³-hybridized carbons (Fsp3) is 0.441. The number of aromatic nitrogens is 1. The number of carbonyl (C=O) groups is 3. The third-order valence-electron chi connectivity index (χ3n) is 9.35. The fourth-order valence-electron chi connectivity index (χ4n) is 7.11. The molecule has 0 saturated carbocycles. The van der Waals surface area contributed by atoms with Crippen molar-refractivity contribution in [1.82, 2.24) is 14.8 Å². The first-order valence-electron chi connectivity index (χ1n) is 15.5. The number of aliphatic hydroxyl groups is 1. The van der Waals surface area contributed by atoms with Gasteiger partial charge in [0.15, 0.2) is 5.76 Å². The van der Waals surface area contributed by atoms with Gasteiger partial charge in [-0.1, -0.05) is 36.4 Å². The summed E-state index contributed by atoms with van der Waals surface area (Å²) in [5, 5.41) is 13.6. The summed E-state index contributed by atoms with van der Waals surface area (Å²) in [5.74, 6) is -0.615. The number of hydrogen-bond acceptors (Lipinski definition) is 7. The molecule has 1 spiro atoms. The average molecular weight is 601 g/mol. The van der Waals surface area contributed by atoms with Crippen LogP contribution in [0.15, 0.2) is 72.6 Å². The molecule has 2 fully saturated rings. The Morgan fingerprint density at radius 3 is 2.52 bits per heavy atom. The monoisotopic (exact) mass is 600 g/mol. The van der Waals surface area contributed by atoms with Gasteiger partial charge in [-0.3, -0.25) is 19.0 Å². The van der Waals surface area contributed by atoms with Crippen molar-refractivity contribution in [2.45, 2.75) is 57.3 Å². The Bertz CT molecular complexity index is 1560. The van der Waals surface area contributed by atoms with Crippen LogP contribution in [0.1, 0.15) is 55.8 Å². The van der Waals surface area contributed by atoms with E-state index in [1.165, 1.54) is 6.92 Å². The highest BCUT2D eigenvalue weighted by molar-refractivity contribution is 5.96. The lowest BCUT2D eigenvalue weighted by Gasteiger charge is -2.44. The summed E-state index contributed by atoms with van der Waals surface area (Å²) in [6.07, 6.45) is 5.18. The highest BCUT2D eigenvalue weighted by Crippen LogP contribution is 2.43. The highest BCUT2D eigenvalue weighted by atomic mass is 16.7. The van der Waals surface area contributed by atoms with Crippen molar-refractivity contribution in [2.24, 2.45) is 5.92 Å². The summed E-state index contributed by atoms with van der Waals surface area (Å²) in [4.78, 5) is 43.7. The number of fused-ring (bicyclic) bond motifs is 1. The number of amides is 2. The lowest BCUT2D eigenvalue weighted by Crippen LogP contribution is -2.57. The molecule has 0 radical (unpaired) electrons. The zero-order valence-corrected chi connectivity index (χ0v) is 25.3. The Morgan fingerprint density at radius 2 is 1.82 bits per heavy atom. The van der Waals surface area contributed by atoms with E-state index in [1.54, 1.807) is 9.47 Å². The Labute approximate surface area is 257 Å². The second kappa shape index (κ2) is 12.5. The largest absolute Gasteiger partial charge is 0.459 e. The Hall–Kier alpha value is -4.15. The van der Waals surface area contributed by atoms with Crippen LogP contribution in [-0.4, -0.2) is 77.1 Å². The zero-order chi connectivity index (χ0) is 30.8. The van der Waals surface area contributed by atoms with Crippen LogP contribution in [0.4, 0.5) is 5.69 Å². The van der Waals surface area contributed by atoms with Gasteiger partial charge in [0.2, 0.25) is 18.1 Å². The van der Waals surface area contributed by atoms with E-state index in [-0.39, 0.29) is 41.9 Å².